The van der Waals surface area contributed by atoms with Crippen molar-refractivity contribution in [2.45, 2.75) is 19.3 Å². The van der Waals surface area contributed by atoms with Crippen LogP contribution in [-0.4, -0.2) is 29.0 Å². The molecule has 0 atom stereocenters. The number of fused-ring (bicyclic) bond motifs is 1. The lowest BCUT2D eigenvalue weighted by molar-refractivity contribution is 0.0702. The summed E-state index contributed by atoms with van der Waals surface area (Å²) < 4.78 is 0. The quantitative estimate of drug-likeness (QED) is 0.717. The molecule has 0 unspecified atom stereocenters. The lowest BCUT2D eigenvalue weighted by Crippen LogP contribution is -2.46. The molecule has 0 radical (unpaired) electrons. The number of nitrogens with one attached hydrogen (secondary N) is 2. The Kier molecular flexibility index (Phi) is 4.96. The Hall–Kier alpha value is -2.30. The number of halogens is 1. The first kappa shape index (κ1) is 17.1. The summed E-state index contributed by atoms with van der Waals surface area (Å²) in [5.74, 6) is 0.525. The number of aromatic amines is 1. The van der Waals surface area contributed by atoms with Crippen LogP contribution in [0.2, 0.25) is 5.02 Å². The Morgan fingerprint density at radius 3 is 2.69 bits per heavy atom. The van der Waals surface area contributed by atoms with Gasteiger partial charge in [-0.05, 0) is 48.9 Å². The van der Waals surface area contributed by atoms with Crippen molar-refractivity contribution in [1.29, 1.82) is 0 Å². The van der Waals surface area contributed by atoms with E-state index < -0.39 is 0 Å². The number of benzene rings is 2. The molecule has 1 saturated heterocycles. The number of amides is 1. The standard InChI is InChI=1S/C21H22ClN3O/c22-19-13-17-6-9-23-20(17)14-18(19)21(26)24-25-10-7-16(8-11-25)12-15-4-2-1-3-5-15/h1-6,9,13-14,16,23H,7-8,10-12H2,(H,24,26). The average Bonchev–Trinajstić information content (AvgIpc) is 3.10. The third kappa shape index (κ3) is 3.76. The van der Waals surface area contributed by atoms with Crippen LogP contribution in [-0.2, 0) is 6.42 Å². The van der Waals surface area contributed by atoms with Crippen molar-refractivity contribution < 1.29 is 4.79 Å². The van der Waals surface area contributed by atoms with Crippen molar-refractivity contribution in [1.82, 2.24) is 15.4 Å². The summed E-state index contributed by atoms with van der Waals surface area (Å²) in [4.78, 5) is 15.7. The van der Waals surface area contributed by atoms with Gasteiger partial charge in [0.2, 0.25) is 0 Å². The molecule has 1 fully saturated rings. The van der Waals surface area contributed by atoms with Crippen LogP contribution in [0, 0.1) is 5.92 Å². The largest absolute Gasteiger partial charge is 0.361 e. The van der Waals surface area contributed by atoms with Crippen LogP contribution in [0.4, 0.5) is 0 Å². The summed E-state index contributed by atoms with van der Waals surface area (Å²) in [5, 5.41) is 3.50. The maximum atomic E-state index is 12.6. The fourth-order valence-electron chi connectivity index (χ4n) is 3.65. The SMILES string of the molecule is O=C(NN1CCC(Cc2ccccc2)CC1)c1cc2[nH]ccc2cc1Cl. The minimum atomic E-state index is -0.145. The number of hydrogen-bond donors (Lipinski definition) is 2. The molecule has 1 aromatic heterocycles. The highest BCUT2D eigenvalue weighted by atomic mass is 35.5. The number of carbonyl (C=O) groups excluding carboxylic acids is 1. The number of hydrogen-bond acceptors (Lipinski definition) is 2. The van der Waals surface area contributed by atoms with Crippen molar-refractivity contribution in [2.75, 3.05) is 13.1 Å². The molecule has 1 aliphatic rings. The Morgan fingerprint density at radius 2 is 1.92 bits per heavy atom. The molecule has 3 aromatic rings. The van der Waals surface area contributed by atoms with Gasteiger partial charge in [-0.3, -0.25) is 10.2 Å². The van der Waals surface area contributed by atoms with Crippen molar-refractivity contribution >= 4 is 28.4 Å². The molecular formula is C21H22ClN3O. The fraction of sp³-hybridized carbons (Fsp3) is 0.286. The monoisotopic (exact) mass is 367 g/mol. The predicted molar refractivity (Wildman–Crippen MR) is 105 cm³/mol. The fourth-order valence-corrected chi connectivity index (χ4v) is 3.90. The summed E-state index contributed by atoms with van der Waals surface area (Å²) in [5.41, 5.74) is 5.83. The maximum Gasteiger partial charge on any atom is 0.267 e. The molecule has 26 heavy (non-hydrogen) atoms. The normalized spacial score (nSPS) is 16.0. The molecule has 0 saturated carbocycles. The zero-order valence-electron chi connectivity index (χ0n) is 14.5. The second-order valence-electron chi connectivity index (χ2n) is 6.96. The number of rotatable bonds is 4. The minimum Gasteiger partial charge on any atom is -0.361 e. The Morgan fingerprint density at radius 1 is 1.15 bits per heavy atom. The first-order valence-electron chi connectivity index (χ1n) is 9.05. The Labute approximate surface area is 158 Å². The Bertz CT molecular complexity index is 898. The Balaban J connectivity index is 1.34. The van der Waals surface area contributed by atoms with E-state index in [1.165, 1.54) is 5.56 Å². The van der Waals surface area contributed by atoms with Crippen LogP contribution in [0.3, 0.4) is 0 Å². The van der Waals surface area contributed by atoms with Gasteiger partial charge in [0.05, 0.1) is 10.6 Å². The molecule has 0 bridgehead atoms. The average molecular weight is 368 g/mol. The topological polar surface area (TPSA) is 48.1 Å². The zero-order valence-corrected chi connectivity index (χ0v) is 15.3. The molecule has 4 nitrogen and oxygen atoms in total. The molecule has 134 valence electrons. The van der Waals surface area contributed by atoms with Gasteiger partial charge in [0.25, 0.3) is 5.91 Å². The smallest absolute Gasteiger partial charge is 0.267 e. The first-order chi connectivity index (χ1) is 12.7. The van der Waals surface area contributed by atoms with Gasteiger partial charge in [0.15, 0.2) is 0 Å². The van der Waals surface area contributed by atoms with E-state index in [2.05, 4.69) is 40.7 Å². The first-order valence-corrected chi connectivity index (χ1v) is 9.43. The number of H-pyrrole nitrogens is 1. The number of carbonyl (C=O) groups is 1. The second kappa shape index (κ2) is 7.52. The molecule has 2 heterocycles. The van der Waals surface area contributed by atoms with E-state index in [1.54, 1.807) is 0 Å². The van der Waals surface area contributed by atoms with Gasteiger partial charge in [-0.25, -0.2) is 5.01 Å². The highest BCUT2D eigenvalue weighted by Gasteiger charge is 2.22. The van der Waals surface area contributed by atoms with Crippen LogP contribution in [0.1, 0.15) is 28.8 Å². The van der Waals surface area contributed by atoms with Gasteiger partial charge >= 0.3 is 0 Å². The van der Waals surface area contributed by atoms with E-state index in [-0.39, 0.29) is 5.91 Å². The van der Waals surface area contributed by atoms with Crippen molar-refractivity contribution in [3.8, 4) is 0 Å². The van der Waals surface area contributed by atoms with Crippen LogP contribution >= 0.6 is 11.6 Å². The van der Waals surface area contributed by atoms with Gasteiger partial charge in [-0.2, -0.15) is 0 Å². The molecule has 2 N–H and O–H groups in total. The van der Waals surface area contributed by atoms with Crippen molar-refractivity contribution in [2.24, 2.45) is 5.92 Å². The van der Waals surface area contributed by atoms with E-state index >= 15 is 0 Å². The van der Waals surface area contributed by atoms with Crippen LogP contribution in [0.5, 0.6) is 0 Å². The van der Waals surface area contributed by atoms with Crippen molar-refractivity contribution in [3.63, 3.8) is 0 Å². The summed E-state index contributed by atoms with van der Waals surface area (Å²) >= 11 is 6.29. The van der Waals surface area contributed by atoms with Crippen LogP contribution in [0.15, 0.2) is 54.7 Å². The molecule has 0 aliphatic carbocycles. The lowest BCUT2D eigenvalue weighted by Gasteiger charge is -2.32. The summed E-state index contributed by atoms with van der Waals surface area (Å²) in [7, 11) is 0. The third-order valence-corrected chi connectivity index (χ3v) is 5.44. The molecule has 2 aromatic carbocycles. The minimum absolute atomic E-state index is 0.145. The van der Waals surface area contributed by atoms with E-state index in [1.807, 2.05) is 29.4 Å². The van der Waals surface area contributed by atoms with Gasteiger partial charge in [-0.15, -0.1) is 0 Å². The summed E-state index contributed by atoms with van der Waals surface area (Å²) in [6, 6.07) is 16.2. The van der Waals surface area contributed by atoms with Crippen LogP contribution < -0.4 is 5.43 Å². The molecule has 5 heteroatoms. The maximum absolute atomic E-state index is 12.6. The summed E-state index contributed by atoms with van der Waals surface area (Å²) in [6.45, 7) is 1.73. The summed E-state index contributed by atoms with van der Waals surface area (Å²) in [6.07, 6.45) is 5.12. The van der Waals surface area contributed by atoms with Gasteiger partial charge < -0.3 is 4.98 Å². The number of piperidine rings is 1. The van der Waals surface area contributed by atoms with Gasteiger partial charge in [0, 0.05) is 30.2 Å². The van der Waals surface area contributed by atoms with Crippen LogP contribution in [0.25, 0.3) is 10.9 Å². The van der Waals surface area contributed by atoms with Gasteiger partial charge in [0.1, 0.15) is 0 Å². The molecule has 0 spiro atoms. The highest BCUT2D eigenvalue weighted by Crippen LogP contribution is 2.24. The molecule has 4 rings (SSSR count). The number of aromatic nitrogens is 1. The lowest BCUT2D eigenvalue weighted by atomic mass is 9.91. The second-order valence-corrected chi connectivity index (χ2v) is 7.37. The van der Waals surface area contributed by atoms with E-state index in [0.29, 0.717) is 16.5 Å². The van der Waals surface area contributed by atoms with E-state index in [0.717, 1.165) is 43.3 Å². The van der Waals surface area contributed by atoms with E-state index in [4.69, 9.17) is 11.6 Å². The highest BCUT2D eigenvalue weighted by molar-refractivity contribution is 6.34. The molecule has 1 amide bonds. The molecular weight excluding hydrogens is 346 g/mol. The predicted octanol–water partition coefficient (Wildman–Crippen LogP) is 4.42. The van der Waals surface area contributed by atoms with Gasteiger partial charge in [-0.1, -0.05) is 41.9 Å². The number of nitrogens with zero attached hydrogens (tertiary/aromatic N) is 1. The third-order valence-electron chi connectivity index (χ3n) is 5.13. The van der Waals surface area contributed by atoms with Crippen molar-refractivity contribution in [3.05, 3.63) is 70.9 Å². The zero-order chi connectivity index (χ0) is 17.9. The van der Waals surface area contributed by atoms with E-state index in [9.17, 15) is 4.79 Å². The number of hydrazine groups is 1. The molecule has 1 aliphatic heterocycles.